The van der Waals surface area contributed by atoms with Gasteiger partial charge in [0.05, 0.1) is 0 Å². The van der Waals surface area contributed by atoms with Gasteiger partial charge in [-0.15, -0.1) is 0 Å². The van der Waals surface area contributed by atoms with Crippen molar-refractivity contribution >= 4 is 19.9 Å². The van der Waals surface area contributed by atoms with Crippen LogP contribution in [0.4, 0.5) is 0 Å². The van der Waals surface area contributed by atoms with Crippen LogP contribution in [-0.4, -0.2) is 10.5 Å². The van der Waals surface area contributed by atoms with Crippen molar-refractivity contribution in [3.05, 3.63) is 0 Å². The van der Waals surface area contributed by atoms with E-state index in [9.17, 15) is 4.21 Å². The summed E-state index contributed by atoms with van der Waals surface area (Å²) in [6.45, 7) is 0. The molecule has 0 saturated heterocycles. The molecule has 0 heterocycles. The molecule has 0 aromatic heterocycles. The molecule has 1 N–H and O–H groups in total. The minimum absolute atomic E-state index is 1.20. The van der Waals surface area contributed by atoms with Crippen LogP contribution in [0.3, 0.4) is 0 Å². The van der Waals surface area contributed by atoms with Crippen molar-refractivity contribution in [2.75, 3.05) is 6.26 Å². The second-order valence-corrected chi connectivity index (χ2v) is 4.22. The molecular weight excluding hydrogens is 106 g/mol. The van der Waals surface area contributed by atoms with Crippen molar-refractivity contribution < 1.29 is 4.21 Å². The average molecular weight is 110 g/mol. The van der Waals surface area contributed by atoms with Crippen molar-refractivity contribution in [3.8, 4) is 0 Å². The van der Waals surface area contributed by atoms with Gasteiger partial charge in [-0.3, -0.25) is 0 Å². The SMILES string of the molecule is CS([NH])(=O)=S. The van der Waals surface area contributed by atoms with Gasteiger partial charge in [0.2, 0.25) is 0 Å². The minimum atomic E-state index is -2.58. The monoisotopic (exact) mass is 110 g/mol. The van der Waals surface area contributed by atoms with Gasteiger partial charge in [0.15, 0.2) is 0 Å². The van der Waals surface area contributed by atoms with Gasteiger partial charge >= 0.3 is 0 Å². The fourth-order valence-corrected chi connectivity index (χ4v) is 0. The first-order chi connectivity index (χ1) is 2.00. The summed E-state index contributed by atoms with van der Waals surface area (Å²) in [5, 5.41) is 6.28. The van der Waals surface area contributed by atoms with Gasteiger partial charge in [-0.25, -0.2) is 4.21 Å². The zero-order chi connectivity index (χ0) is 4.50. The molecule has 0 bridgehead atoms. The van der Waals surface area contributed by atoms with Crippen LogP contribution in [-0.2, 0) is 19.9 Å². The summed E-state index contributed by atoms with van der Waals surface area (Å²) in [6.07, 6.45) is 1.20. The third kappa shape index (κ3) is 216. The topological polar surface area (TPSA) is 40.9 Å². The van der Waals surface area contributed by atoms with Gasteiger partial charge < -0.3 is 0 Å². The Morgan fingerprint density at radius 2 is 2.00 bits per heavy atom. The van der Waals surface area contributed by atoms with E-state index in [4.69, 9.17) is 5.14 Å². The highest BCUT2D eigenvalue weighted by Gasteiger charge is 1.75. The smallest absolute Gasteiger partial charge is 0.100 e. The van der Waals surface area contributed by atoms with Crippen LogP contribution < -0.4 is 5.14 Å². The average Bonchev–Trinajstić information content (AvgIpc) is 0.722. The lowest BCUT2D eigenvalue weighted by atomic mass is 12.0. The summed E-state index contributed by atoms with van der Waals surface area (Å²) in [7, 11) is -2.58. The van der Waals surface area contributed by atoms with E-state index >= 15 is 0 Å². The van der Waals surface area contributed by atoms with Crippen LogP contribution in [0.5, 0.6) is 0 Å². The molecule has 1 unspecified atom stereocenters. The Morgan fingerprint density at radius 1 is 2.00 bits per heavy atom. The maximum Gasteiger partial charge on any atom is 0.100 e. The molecule has 0 saturated carbocycles. The molecule has 5 heavy (non-hydrogen) atoms. The number of hydrogen-bond acceptors (Lipinski definition) is 2. The van der Waals surface area contributed by atoms with Crippen molar-refractivity contribution in [3.63, 3.8) is 0 Å². The first kappa shape index (κ1) is 5.33. The molecule has 0 spiro atoms. The lowest BCUT2D eigenvalue weighted by molar-refractivity contribution is 0.686. The summed E-state index contributed by atoms with van der Waals surface area (Å²) in [5.74, 6) is 0. The van der Waals surface area contributed by atoms with Gasteiger partial charge in [-0.1, -0.05) is 0 Å². The van der Waals surface area contributed by atoms with E-state index in [0.717, 1.165) is 0 Å². The number of nitrogens with one attached hydrogen (secondary N) is 1. The predicted molar refractivity (Wildman–Crippen MR) is 24.5 cm³/mol. The lowest BCUT2D eigenvalue weighted by Gasteiger charge is -1.73. The molecule has 0 rings (SSSR count). The molecule has 0 amide bonds. The van der Waals surface area contributed by atoms with Crippen LogP contribution in [0.15, 0.2) is 0 Å². The highest BCUT2D eigenvalue weighted by molar-refractivity contribution is 8.31. The predicted octanol–water partition coefficient (Wildman–Crippen LogP) is -0.440. The van der Waals surface area contributed by atoms with Gasteiger partial charge in [-0.05, 0) is 11.2 Å². The van der Waals surface area contributed by atoms with E-state index in [2.05, 4.69) is 11.2 Å². The molecule has 0 aliphatic carbocycles. The molecule has 0 aromatic carbocycles. The standard InChI is InChI=1S/CH4NOS2/c1-5(2,3)4/h2H,1H3. The van der Waals surface area contributed by atoms with Crippen LogP contribution in [0, 0.1) is 0 Å². The molecule has 31 valence electrons. The van der Waals surface area contributed by atoms with E-state index in [-0.39, 0.29) is 0 Å². The maximum atomic E-state index is 9.67. The van der Waals surface area contributed by atoms with Crippen LogP contribution in [0.25, 0.3) is 0 Å². The molecular formula is CH4NOS2. The summed E-state index contributed by atoms with van der Waals surface area (Å²) >= 11 is 4.02. The van der Waals surface area contributed by atoms with Gasteiger partial charge in [-0.2, -0.15) is 5.14 Å². The molecule has 1 radical (unpaired) electrons. The van der Waals surface area contributed by atoms with E-state index in [1.807, 2.05) is 0 Å². The summed E-state index contributed by atoms with van der Waals surface area (Å²) < 4.78 is 9.67. The molecule has 4 heteroatoms. The van der Waals surface area contributed by atoms with Crippen molar-refractivity contribution in [1.82, 2.24) is 5.14 Å². The zero-order valence-corrected chi connectivity index (χ0v) is 4.36. The second kappa shape index (κ2) is 1.20. The maximum absolute atomic E-state index is 9.67. The zero-order valence-electron chi connectivity index (χ0n) is 2.72. The Bertz CT molecular complexity index is 92.8. The fraction of sp³-hybridized carbons (Fsp3) is 1.00. The Morgan fingerprint density at radius 3 is 2.00 bits per heavy atom. The van der Waals surface area contributed by atoms with E-state index in [0.29, 0.717) is 0 Å². The quantitative estimate of drug-likeness (QED) is 0.424. The second-order valence-electron chi connectivity index (χ2n) is 0.772. The molecule has 0 aliphatic rings. The molecule has 2 nitrogen and oxygen atoms in total. The Labute approximate surface area is 36.2 Å². The third-order valence-corrected chi connectivity index (χ3v) is 0. The van der Waals surface area contributed by atoms with Gasteiger partial charge in [0.25, 0.3) is 0 Å². The lowest BCUT2D eigenvalue weighted by Crippen LogP contribution is -1.89. The minimum Gasteiger partial charge on any atom is -0.240 e. The molecule has 1 atom stereocenters. The molecule has 0 aliphatic heterocycles. The highest BCUT2D eigenvalue weighted by atomic mass is 32.8. The largest absolute Gasteiger partial charge is 0.240 e. The highest BCUT2D eigenvalue weighted by Crippen LogP contribution is 1.60. The Balaban J connectivity index is 4.06. The fourth-order valence-electron chi connectivity index (χ4n) is 0. The van der Waals surface area contributed by atoms with E-state index in [1.54, 1.807) is 0 Å². The van der Waals surface area contributed by atoms with Crippen molar-refractivity contribution in [2.45, 2.75) is 0 Å². The molecule has 0 fully saturated rings. The first-order valence-corrected chi connectivity index (χ1v) is 3.84. The van der Waals surface area contributed by atoms with Gasteiger partial charge in [0.1, 0.15) is 8.68 Å². The first-order valence-electron chi connectivity index (χ1n) is 0.946. The van der Waals surface area contributed by atoms with E-state index < -0.39 is 8.68 Å². The third-order valence-electron chi connectivity index (χ3n) is 0. The van der Waals surface area contributed by atoms with Crippen molar-refractivity contribution in [1.29, 1.82) is 0 Å². The summed E-state index contributed by atoms with van der Waals surface area (Å²) in [6, 6.07) is 0. The van der Waals surface area contributed by atoms with E-state index in [1.165, 1.54) is 6.26 Å². The molecule has 0 aromatic rings. The van der Waals surface area contributed by atoms with Crippen LogP contribution in [0.1, 0.15) is 0 Å². The number of rotatable bonds is 0. The van der Waals surface area contributed by atoms with Crippen LogP contribution >= 0.6 is 0 Å². The Kier molecular flexibility index (Phi) is 1.28. The summed E-state index contributed by atoms with van der Waals surface area (Å²) in [5.41, 5.74) is 0. The summed E-state index contributed by atoms with van der Waals surface area (Å²) in [4.78, 5) is 0. The number of hydrogen-bond donors (Lipinski definition) is 0. The normalized spacial score (nSPS) is 21.2. The van der Waals surface area contributed by atoms with Crippen LogP contribution in [0.2, 0.25) is 0 Å². The van der Waals surface area contributed by atoms with Gasteiger partial charge in [0, 0.05) is 6.26 Å². The van der Waals surface area contributed by atoms with Crippen molar-refractivity contribution in [2.24, 2.45) is 0 Å². The Hall–Kier alpha value is 0.330.